The molecule has 1 aromatic carbocycles. The number of hydrogen-bond donors (Lipinski definition) is 0. The van der Waals surface area contributed by atoms with Gasteiger partial charge in [-0.2, -0.15) is 21.3 Å². The van der Waals surface area contributed by atoms with E-state index < -0.39 is 20.2 Å². The van der Waals surface area contributed by atoms with Crippen LogP contribution in [0.4, 0.5) is 0 Å². The highest BCUT2D eigenvalue weighted by Gasteiger charge is 2.37. The van der Waals surface area contributed by atoms with E-state index in [0.717, 1.165) is 12.0 Å². The molecule has 7 nitrogen and oxygen atoms in total. The number of piperidine rings is 1. The van der Waals surface area contributed by atoms with E-state index in [1.807, 2.05) is 6.92 Å². The summed E-state index contributed by atoms with van der Waals surface area (Å²) in [5.41, 5.74) is 0.997. The largest absolute Gasteiger partial charge is 0.282 e. The van der Waals surface area contributed by atoms with Crippen LogP contribution < -0.4 is 0 Å². The minimum absolute atomic E-state index is 0.175. The maximum atomic E-state index is 13.1. The number of nitrogens with zero attached hydrogens (tertiary/aromatic N) is 3. The van der Waals surface area contributed by atoms with Crippen molar-refractivity contribution in [1.29, 1.82) is 0 Å². The van der Waals surface area contributed by atoms with Gasteiger partial charge < -0.3 is 0 Å². The van der Waals surface area contributed by atoms with Crippen molar-refractivity contribution >= 4 is 20.2 Å². The van der Waals surface area contributed by atoms with Crippen molar-refractivity contribution in [2.75, 3.05) is 39.3 Å². The van der Waals surface area contributed by atoms with Gasteiger partial charge in [-0.25, -0.2) is 8.42 Å². The third kappa shape index (κ3) is 4.59. The molecule has 2 heterocycles. The van der Waals surface area contributed by atoms with E-state index in [0.29, 0.717) is 44.4 Å². The standard InChI is InChI=1S/C19H31N3O4S2/c1-16-5-7-19(8-6-16)27(23,24)20-9-4-10-21(12-11-20)28(25,26)22-14-17(2)13-18(3)15-22/h5-8,17-18H,4,9-15H2,1-3H3/t17-,18-/m0/s1. The predicted molar refractivity (Wildman–Crippen MR) is 110 cm³/mol. The topological polar surface area (TPSA) is 78.0 Å². The molecule has 9 heteroatoms. The fourth-order valence-electron chi connectivity index (χ4n) is 4.16. The Kier molecular flexibility index (Phi) is 6.51. The highest BCUT2D eigenvalue weighted by molar-refractivity contribution is 7.89. The molecular formula is C19H31N3O4S2. The van der Waals surface area contributed by atoms with Gasteiger partial charge in [-0.15, -0.1) is 0 Å². The van der Waals surface area contributed by atoms with Gasteiger partial charge in [0.05, 0.1) is 4.90 Å². The van der Waals surface area contributed by atoms with Crippen LogP contribution in [0.5, 0.6) is 0 Å². The molecule has 2 atom stereocenters. The summed E-state index contributed by atoms with van der Waals surface area (Å²) in [7, 11) is -7.18. The van der Waals surface area contributed by atoms with Crippen LogP contribution in [-0.2, 0) is 20.2 Å². The second-order valence-corrected chi connectivity index (χ2v) is 12.1. The molecule has 2 fully saturated rings. The van der Waals surface area contributed by atoms with E-state index in [-0.39, 0.29) is 18.0 Å². The van der Waals surface area contributed by atoms with Crippen LogP contribution in [0.15, 0.2) is 29.2 Å². The number of aryl methyl sites for hydroxylation is 1. The first kappa shape index (κ1) is 21.7. The third-order valence-electron chi connectivity index (χ3n) is 5.56. The Morgan fingerprint density at radius 2 is 1.32 bits per heavy atom. The van der Waals surface area contributed by atoms with Crippen LogP contribution in [0.25, 0.3) is 0 Å². The number of sulfonamides is 1. The normalized spacial score (nSPS) is 26.8. The van der Waals surface area contributed by atoms with Gasteiger partial charge in [0.2, 0.25) is 10.0 Å². The smallest absolute Gasteiger partial charge is 0.207 e. The summed E-state index contributed by atoms with van der Waals surface area (Å²) in [5, 5.41) is 0. The fourth-order valence-corrected chi connectivity index (χ4v) is 7.51. The highest BCUT2D eigenvalue weighted by atomic mass is 32.2. The molecule has 158 valence electrons. The lowest BCUT2D eigenvalue weighted by molar-refractivity contribution is 0.209. The van der Waals surface area contributed by atoms with E-state index in [1.165, 1.54) is 8.61 Å². The molecule has 1 aromatic rings. The van der Waals surface area contributed by atoms with Gasteiger partial charge in [0.25, 0.3) is 10.2 Å². The summed E-state index contributed by atoms with van der Waals surface area (Å²) in [6.45, 7) is 8.18. The molecule has 0 unspecified atom stereocenters. The Morgan fingerprint density at radius 3 is 1.93 bits per heavy atom. The average Bonchev–Trinajstić information content (AvgIpc) is 2.88. The van der Waals surface area contributed by atoms with Gasteiger partial charge >= 0.3 is 0 Å². The lowest BCUT2D eigenvalue weighted by Gasteiger charge is -2.37. The zero-order chi connectivity index (χ0) is 20.5. The number of benzene rings is 1. The Hall–Kier alpha value is -1.00. The maximum absolute atomic E-state index is 13.1. The molecule has 0 aromatic heterocycles. The number of rotatable bonds is 4. The summed E-state index contributed by atoms with van der Waals surface area (Å²) >= 11 is 0. The second-order valence-electron chi connectivity index (χ2n) is 8.24. The lowest BCUT2D eigenvalue weighted by Crippen LogP contribution is -2.50. The van der Waals surface area contributed by atoms with Gasteiger partial charge in [-0.05, 0) is 43.7 Å². The van der Waals surface area contributed by atoms with E-state index in [1.54, 1.807) is 28.6 Å². The average molecular weight is 430 g/mol. The molecular weight excluding hydrogens is 398 g/mol. The van der Waals surface area contributed by atoms with Crippen molar-refractivity contribution in [2.24, 2.45) is 11.8 Å². The van der Waals surface area contributed by atoms with E-state index in [2.05, 4.69) is 13.8 Å². The minimum atomic E-state index is -3.62. The first-order chi connectivity index (χ1) is 13.1. The van der Waals surface area contributed by atoms with Crippen molar-refractivity contribution in [2.45, 2.75) is 38.5 Å². The number of hydrogen-bond acceptors (Lipinski definition) is 4. The van der Waals surface area contributed by atoms with Gasteiger partial charge in [-0.1, -0.05) is 31.5 Å². The fraction of sp³-hybridized carbons (Fsp3) is 0.684. The quantitative estimate of drug-likeness (QED) is 0.733. The van der Waals surface area contributed by atoms with E-state index in [4.69, 9.17) is 0 Å². The first-order valence-corrected chi connectivity index (χ1v) is 12.8. The molecule has 0 amide bonds. The lowest BCUT2D eigenvalue weighted by atomic mass is 9.94. The summed E-state index contributed by atoms with van der Waals surface area (Å²) in [5.74, 6) is 0.674. The zero-order valence-electron chi connectivity index (χ0n) is 16.9. The first-order valence-electron chi connectivity index (χ1n) is 9.92. The Bertz CT molecular complexity index is 874. The molecule has 0 bridgehead atoms. The monoisotopic (exact) mass is 429 g/mol. The Balaban J connectivity index is 1.73. The van der Waals surface area contributed by atoms with Crippen molar-refractivity contribution in [3.63, 3.8) is 0 Å². The van der Waals surface area contributed by atoms with Crippen LogP contribution in [0.3, 0.4) is 0 Å². The van der Waals surface area contributed by atoms with Crippen molar-refractivity contribution in [3.05, 3.63) is 29.8 Å². The maximum Gasteiger partial charge on any atom is 0.282 e. The van der Waals surface area contributed by atoms with Gasteiger partial charge in [0, 0.05) is 39.3 Å². The second kappa shape index (κ2) is 8.39. The molecule has 2 aliphatic heterocycles. The zero-order valence-corrected chi connectivity index (χ0v) is 18.5. The predicted octanol–water partition coefficient (Wildman–Crippen LogP) is 1.91. The van der Waals surface area contributed by atoms with Crippen molar-refractivity contribution in [1.82, 2.24) is 12.9 Å². The summed E-state index contributed by atoms with van der Waals surface area (Å²) < 4.78 is 56.6. The molecule has 0 saturated carbocycles. The van der Waals surface area contributed by atoms with Gasteiger partial charge in [0.15, 0.2) is 0 Å². The molecule has 0 N–H and O–H groups in total. The van der Waals surface area contributed by atoms with Gasteiger partial charge in [-0.3, -0.25) is 0 Å². The molecule has 0 spiro atoms. The van der Waals surface area contributed by atoms with Crippen molar-refractivity contribution in [3.8, 4) is 0 Å². The molecule has 28 heavy (non-hydrogen) atoms. The highest BCUT2D eigenvalue weighted by Crippen LogP contribution is 2.26. The summed E-state index contributed by atoms with van der Waals surface area (Å²) in [4.78, 5) is 0.257. The summed E-state index contributed by atoms with van der Waals surface area (Å²) in [6, 6.07) is 6.78. The molecule has 2 saturated heterocycles. The van der Waals surface area contributed by atoms with Crippen molar-refractivity contribution < 1.29 is 16.8 Å². The minimum Gasteiger partial charge on any atom is -0.207 e. The Labute approximate surface area is 169 Å². The van der Waals surface area contributed by atoms with Crippen LogP contribution in [0.1, 0.15) is 32.3 Å². The third-order valence-corrected chi connectivity index (χ3v) is 9.44. The Morgan fingerprint density at radius 1 is 0.786 bits per heavy atom. The molecule has 2 aliphatic rings. The van der Waals surface area contributed by atoms with Crippen LogP contribution >= 0.6 is 0 Å². The molecule has 0 aliphatic carbocycles. The van der Waals surface area contributed by atoms with Crippen LogP contribution in [0.2, 0.25) is 0 Å². The molecule has 3 rings (SSSR count). The van der Waals surface area contributed by atoms with Crippen LogP contribution in [0, 0.1) is 18.8 Å². The van der Waals surface area contributed by atoms with Gasteiger partial charge in [0.1, 0.15) is 0 Å². The summed E-state index contributed by atoms with van der Waals surface area (Å²) in [6.07, 6.45) is 1.53. The SMILES string of the molecule is Cc1ccc(S(=O)(=O)N2CCCN(S(=O)(=O)N3C[C@@H](C)C[C@H](C)C3)CC2)cc1. The van der Waals surface area contributed by atoms with E-state index >= 15 is 0 Å². The van der Waals surface area contributed by atoms with Crippen LogP contribution in [-0.4, -0.2) is 69.0 Å². The molecule has 0 radical (unpaired) electrons. The van der Waals surface area contributed by atoms with E-state index in [9.17, 15) is 16.8 Å².